The van der Waals surface area contributed by atoms with E-state index in [1.165, 1.54) is 65.8 Å². The van der Waals surface area contributed by atoms with E-state index in [4.69, 9.17) is 10.5 Å². The number of nitriles is 2. The summed E-state index contributed by atoms with van der Waals surface area (Å²) in [6.07, 6.45) is 16.5. The molecule has 2 nitrogen and oxygen atoms in total. The van der Waals surface area contributed by atoms with Crippen LogP contribution < -0.4 is 0 Å². The molecule has 2 atom stereocenters. The molecule has 266 valence electrons. The first kappa shape index (κ1) is 38.5. The van der Waals surface area contributed by atoms with E-state index in [0.717, 1.165) is 62.5 Å². The average molecular weight is 701 g/mol. The molecule has 0 amide bonds. The lowest BCUT2D eigenvalue weighted by molar-refractivity contribution is 0.607. The normalized spacial score (nSPS) is 16.1. The number of nitrogens with zero attached hydrogens (tertiary/aromatic N) is 2. The van der Waals surface area contributed by atoms with Gasteiger partial charge in [0.25, 0.3) is 0 Å². The van der Waals surface area contributed by atoms with Gasteiger partial charge in [-0.1, -0.05) is 111 Å². The molecule has 0 fully saturated rings. The highest BCUT2D eigenvalue weighted by Crippen LogP contribution is 2.33. The van der Waals surface area contributed by atoms with Crippen molar-refractivity contribution in [3.63, 3.8) is 0 Å². The third-order valence-electron chi connectivity index (χ3n) is 10.00. The highest BCUT2D eigenvalue weighted by atomic mass is 19.1. The van der Waals surface area contributed by atoms with Gasteiger partial charge in [-0.15, -0.1) is 0 Å². The monoisotopic (exact) mass is 700 g/mol. The second kappa shape index (κ2) is 19.8. The van der Waals surface area contributed by atoms with Crippen molar-refractivity contribution in [3.05, 3.63) is 164 Å². The summed E-state index contributed by atoms with van der Waals surface area (Å²) in [6, 6.07) is 30.8. The van der Waals surface area contributed by atoms with Crippen LogP contribution in [-0.4, -0.2) is 0 Å². The van der Waals surface area contributed by atoms with Crippen LogP contribution in [0.4, 0.5) is 8.78 Å². The Morgan fingerprint density at radius 3 is 1.38 bits per heavy atom. The van der Waals surface area contributed by atoms with E-state index in [2.05, 4.69) is 98.2 Å². The second-order valence-electron chi connectivity index (χ2n) is 13.9. The molecule has 0 aliphatic heterocycles. The van der Waals surface area contributed by atoms with E-state index < -0.39 is 11.6 Å². The zero-order valence-electron chi connectivity index (χ0n) is 30.8. The van der Waals surface area contributed by atoms with Gasteiger partial charge in [0.15, 0.2) is 0 Å². The van der Waals surface area contributed by atoms with Crippen LogP contribution in [0.25, 0.3) is 0 Å². The quantitative estimate of drug-likeness (QED) is 0.180. The van der Waals surface area contributed by atoms with Crippen molar-refractivity contribution in [2.75, 3.05) is 0 Å². The number of aryl methyl sites for hydroxylation is 2. The molecular formula is C49H46F2N2. The molecule has 0 N–H and O–H groups in total. The summed E-state index contributed by atoms with van der Waals surface area (Å²) >= 11 is 0. The first-order chi connectivity index (χ1) is 25.9. The fourth-order valence-corrected chi connectivity index (χ4v) is 6.76. The largest absolute Gasteiger partial charge is 0.206 e. The molecule has 2 aliphatic rings. The number of allylic oxidation sites excluding steroid dienone is 4. The molecule has 0 saturated carbocycles. The van der Waals surface area contributed by atoms with Gasteiger partial charge >= 0.3 is 0 Å². The standard InChI is InChI=1S/C25H24FN.C24H22FN/c1-2-3-4-19-7-12-22(13-8-19)23-14-9-20(10-15-23)5-6-21-11-16-24(18-27)25(26)17-21;1-2-3-18-6-11-21(12-7-18)22-13-8-19(9-14-22)4-5-20-10-15-23(17-26)24(25)16-20/h7-9,11-13,16-17,23H,2-4,10,14-15H2,1H3;6-8,10-12,15-16,22H,2-3,9,13-14H2,1H3. The van der Waals surface area contributed by atoms with E-state index in [1.54, 1.807) is 12.1 Å². The van der Waals surface area contributed by atoms with Crippen molar-refractivity contribution in [1.29, 1.82) is 10.5 Å². The maximum Gasteiger partial charge on any atom is 0.142 e. The Labute approximate surface area is 314 Å². The van der Waals surface area contributed by atoms with Crippen molar-refractivity contribution in [1.82, 2.24) is 0 Å². The Bertz CT molecular complexity index is 2140. The van der Waals surface area contributed by atoms with Gasteiger partial charge in [-0.3, -0.25) is 0 Å². The Kier molecular flexibility index (Phi) is 14.4. The van der Waals surface area contributed by atoms with Crippen LogP contribution in [0.2, 0.25) is 0 Å². The third-order valence-corrected chi connectivity index (χ3v) is 10.00. The van der Waals surface area contributed by atoms with Gasteiger partial charge in [0.1, 0.15) is 23.8 Å². The first-order valence-electron chi connectivity index (χ1n) is 18.9. The fraction of sp³-hybridized carbons (Fsp3) is 0.306. The summed E-state index contributed by atoms with van der Waals surface area (Å²) in [5, 5.41) is 17.5. The maximum atomic E-state index is 13.6. The average Bonchev–Trinajstić information content (AvgIpc) is 3.20. The summed E-state index contributed by atoms with van der Waals surface area (Å²) in [5.41, 5.74) is 9.21. The Morgan fingerprint density at radius 1 is 0.566 bits per heavy atom. The molecule has 0 bridgehead atoms. The van der Waals surface area contributed by atoms with Gasteiger partial charge in [-0.2, -0.15) is 10.5 Å². The van der Waals surface area contributed by atoms with Crippen LogP contribution in [0.1, 0.15) is 128 Å². The lowest BCUT2D eigenvalue weighted by Crippen LogP contribution is -2.04. The molecular weight excluding hydrogens is 655 g/mol. The number of halogens is 2. The van der Waals surface area contributed by atoms with Gasteiger partial charge in [0.2, 0.25) is 0 Å². The minimum atomic E-state index is -0.511. The van der Waals surface area contributed by atoms with Crippen molar-refractivity contribution in [2.45, 2.75) is 96.3 Å². The highest BCUT2D eigenvalue weighted by Gasteiger charge is 2.17. The van der Waals surface area contributed by atoms with Gasteiger partial charge in [-0.05, 0) is 139 Å². The zero-order chi connectivity index (χ0) is 37.4. The molecule has 0 heterocycles. The predicted molar refractivity (Wildman–Crippen MR) is 211 cm³/mol. The van der Waals surface area contributed by atoms with Crippen LogP contribution in [0.5, 0.6) is 0 Å². The highest BCUT2D eigenvalue weighted by molar-refractivity contribution is 5.46. The SMILES string of the molecule is CCCCc1ccc(C2CC=C(C#Cc3ccc(C#N)c(F)c3)CC2)cc1.CCCc1ccc(C2CC=C(C#Cc3ccc(C#N)c(F)c3)CC2)cc1. The molecule has 4 heteroatoms. The number of hydrogen-bond donors (Lipinski definition) is 0. The smallest absolute Gasteiger partial charge is 0.142 e. The number of rotatable bonds is 7. The van der Waals surface area contributed by atoms with Crippen LogP contribution in [0, 0.1) is 58.0 Å². The van der Waals surface area contributed by atoms with E-state index in [0.29, 0.717) is 23.0 Å². The lowest BCUT2D eigenvalue weighted by atomic mass is 9.84. The van der Waals surface area contributed by atoms with Crippen molar-refractivity contribution in [2.24, 2.45) is 0 Å². The summed E-state index contributed by atoms with van der Waals surface area (Å²) in [5.74, 6) is 12.5. The zero-order valence-corrected chi connectivity index (χ0v) is 30.8. The molecule has 0 spiro atoms. The topological polar surface area (TPSA) is 47.6 Å². The molecule has 0 aromatic heterocycles. The molecule has 0 radical (unpaired) electrons. The number of unbranched alkanes of at least 4 members (excludes halogenated alkanes) is 1. The summed E-state index contributed by atoms with van der Waals surface area (Å²) in [7, 11) is 0. The van der Waals surface area contributed by atoms with E-state index in [-0.39, 0.29) is 11.1 Å². The van der Waals surface area contributed by atoms with Crippen LogP contribution >= 0.6 is 0 Å². The lowest BCUT2D eigenvalue weighted by Gasteiger charge is -2.20. The van der Waals surface area contributed by atoms with Crippen molar-refractivity contribution in [3.8, 4) is 35.8 Å². The molecule has 0 saturated heterocycles. The molecule has 53 heavy (non-hydrogen) atoms. The number of benzene rings is 4. The van der Waals surface area contributed by atoms with Crippen molar-refractivity contribution >= 4 is 0 Å². The summed E-state index contributed by atoms with van der Waals surface area (Å²) in [4.78, 5) is 0. The van der Waals surface area contributed by atoms with E-state index in [1.807, 2.05) is 12.1 Å². The molecule has 4 aromatic carbocycles. The van der Waals surface area contributed by atoms with E-state index in [9.17, 15) is 8.78 Å². The Hall–Kier alpha value is -5.68. The minimum absolute atomic E-state index is 0.0558. The summed E-state index contributed by atoms with van der Waals surface area (Å²) < 4.78 is 27.3. The van der Waals surface area contributed by atoms with Crippen LogP contribution in [-0.2, 0) is 12.8 Å². The van der Waals surface area contributed by atoms with Crippen molar-refractivity contribution < 1.29 is 8.78 Å². The predicted octanol–water partition coefficient (Wildman–Crippen LogP) is 12.2. The van der Waals surface area contributed by atoms with Gasteiger partial charge in [0, 0.05) is 11.1 Å². The molecule has 2 aliphatic carbocycles. The molecule has 4 aromatic rings. The van der Waals surface area contributed by atoms with Gasteiger partial charge in [0.05, 0.1) is 11.1 Å². The number of hydrogen-bond acceptors (Lipinski definition) is 2. The van der Waals surface area contributed by atoms with Gasteiger partial charge in [-0.25, -0.2) is 8.78 Å². The fourth-order valence-electron chi connectivity index (χ4n) is 6.76. The summed E-state index contributed by atoms with van der Waals surface area (Å²) in [6.45, 7) is 4.43. The Balaban J connectivity index is 0.000000204. The minimum Gasteiger partial charge on any atom is -0.206 e. The second-order valence-corrected chi connectivity index (χ2v) is 13.9. The van der Waals surface area contributed by atoms with Crippen LogP contribution in [0.15, 0.2) is 108 Å². The first-order valence-corrected chi connectivity index (χ1v) is 18.9. The molecule has 6 rings (SSSR count). The Morgan fingerprint density at radius 2 is 1.02 bits per heavy atom. The van der Waals surface area contributed by atoms with E-state index >= 15 is 0 Å². The van der Waals surface area contributed by atoms with Crippen LogP contribution in [0.3, 0.4) is 0 Å². The molecule has 2 unspecified atom stereocenters. The van der Waals surface area contributed by atoms with Gasteiger partial charge < -0.3 is 0 Å². The maximum absolute atomic E-state index is 13.6. The third kappa shape index (κ3) is 11.4.